The molecular weight excluding hydrogens is 258 g/mol. The molecular formula is C8H10F6O3. The van der Waals surface area contributed by atoms with E-state index in [1.807, 2.05) is 0 Å². The van der Waals surface area contributed by atoms with Crippen LogP contribution in [0.2, 0.25) is 0 Å². The summed E-state index contributed by atoms with van der Waals surface area (Å²) >= 11 is 0. The van der Waals surface area contributed by atoms with Gasteiger partial charge in [-0.1, -0.05) is 0 Å². The van der Waals surface area contributed by atoms with Crippen molar-refractivity contribution >= 4 is 5.97 Å². The van der Waals surface area contributed by atoms with Crippen molar-refractivity contribution in [1.82, 2.24) is 0 Å². The molecule has 0 rings (SSSR count). The molecule has 0 aromatic carbocycles. The predicted octanol–water partition coefficient (Wildman–Crippen LogP) is 2.45. The minimum Gasteiger partial charge on any atom is -0.461 e. The average molecular weight is 268 g/mol. The molecule has 17 heavy (non-hydrogen) atoms. The van der Waals surface area contributed by atoms with Crippen molar-refractivity contribution in [3.05, 3.63) is 0 Å². The molecule has 0 aromatic heterocycles. The van der Waals surface area contributed by atoms with Crippen LogP contribution in [0.4, 0.5) is 26.3 Å². The lowest BCUT2D eigenvalue weighted by Crippen LogP contribution is -2.45. The van der Waals surface area contributed by atoms with Crippen LogP contribution in [-0.4, -0.2) is 37.1 Å². The van der Waals surface area contributed by atoms with E-state index in [9.17, 15) is 31.1 Å². The number of ether oxygens (including phenoxy) is 2. The molecule has 9 heteroatoms. The molecule has 0 saturated heterocycles. The maximum Gasteiger partial charge on any atom is 0.423 e. The van der Waals surface area contributed by atoms with Crippen molar-refractivity contribution < 1.29 is 40.6 Å². The van der Waals surface area contributed by atoms with Crippen molar-refractivity contribution in [3.8, 4) is 0 Å². The zero-order chi connectivity index (χ0) is 13.9. The molecule has 0 heterocycles. The Morgan fingerprint density at radius 3 is 1.76 bits per heavy atom. The van der Waals surface area contributed by atoms with Gasteiger partial charge < -0.3 is 9.47 Å². The summed E-state index contributed by atoms with van der Waals surface area (Å²) in [6, 6.07) is 0. The van der Waals surface area contributed by atoms with Gasteiger partial charge in [0, 0.05) is 0 Å². The van der Waals surface area contributed by atoms with Crippen LogP contribution in [0.3, 0.4) is 0 Å². The normalized spacial score (nSPS) is 13.3. The van der Waals surface area contributed by atoms with E-state index in [1.165, 1.54) is 13.8 Å². The second kappa shape index (κ2) is 5.56. The van der Waals surface area contributed by atoms with Gasteiger partial charge in [0.15, 0.2) is 0 Å². The van der Waals surface area contributed by atoms with Gasteiger partial charge in [-0.05, 0) is 13.8 Å². The Morgan fingerprint density at radius 1 is 1.06 bits per heavy atom. The van der Waals surface area contributed by atoms with Gasteiger partial charge in [-0.3, -0.25) is 0 Å². The molecule has 0 saturated carbocycles. The van der Waals surface area contributed by atoms with E-state index in [-0.39, 0.29) is 0 Å². The van der Waals surface area contributed by atoms with E-state index in [0.717, 1.165) is 0 Å². The summed E-state index contributed by atoms with van der Waals surface area (Å²) in [5.74, 6) is -1.29. The molecule has 0 N–H and O–H groups in total. The molecule has 0 fully saturated rings. The van der Waals surface area contributed by atoms with Crippen LogP contribution in [0.5, 0.6) is 0 Å². The highest BCUT2D eigenvalue weighted by molar-refractivity contribution is 5.70. The molecule has 0 unspecified atom stereocenters. The minimum atomic E-state index is -5.63. The molecule has 0 radical (unpaired) electrons. The lowest BCUT2D eigenvalue weighted by atomic mass is 10.3. The van der Waals surface area contributed by atoms with Gasteiger partial charge in [0.1, 0.15) is 6.61 Å². The van der Waals surface area contributed by atoms with Gasteiger partial charge in [0.2, 0.25) is 6.10 Å². The molecule has 102 valence electrons. The molecule has 0 aliphatic carbocycles. The monoisotopic (exact) mass is 268 g/mol. The Balaban J connectivity index is 4.44. The van der Waals surface area contributed by atoms with Crippen LogP contribution in [0.15, 0.2) is 0 Å². The van der Waals surface area contributed by atoms with Gasteiger partial charge in [0.25, 0.3) is 0 Å². The Morgan fingerprint density at radius 2 is 1.47 bits per heavy atom. The quantitative estimate of drug-likeness (QED) is 0.580. The van der Waals surface area contributed by atoms with Gasteiger partial charge in [-0.15, -0.1) is 0 Å². The van der Waals surface area contributed by atoms with Crippen molar-refractivity contribution in [2.45, 2.75) is 38.4 Å². The number of esters is 1. The SMILES string of the molecule is CC(C)OC(=O)COC(C(F)(F)F)C(F)(F)F. The minimum absolute atomic E-state index is 0.652. The van der Waals surface area contributed by atoms with Crippen molar-refractivity contribution in [2.75, 3.05) is 6.61 Å². The fraction of sp³-hybridized carbons (Fsp3) is 0.875. The van der Waals surface area contributed by atoms with Crippen LogP contribution >= 0.6 is 0 Å². The lowest BCUT2D eigenvalue weighted by Gasteiger charge is -2.22. The van der Waals surface area contributed by atoms with Crippen LogP contribution in [0, 0.1) is 0 Å². The number of halogens is 6. The highest BCUT2D eigenvalue weighted by Gasteiger charge is 2.58. The summed E-state index contributed by atoms with van der Waals surface area (Å²) in [5.41, 5.74) is 0. The number of carbonyl (C=O) groups is 1. The highest BCUT2D eigenvalue weighted by atomic mass is 19.4. The summed E-state index contributed by atoms with van der Waals surface area (Å²) in [7, 11) is 0. The first-order valence-electron chi connectivity index (χ1n) is 4.39. The molecule has 0 bridgehead atoms. The topological polar surface area (TPSA) is 35.5 Å². The van der Waals surface area contributed by atoms with Crippen molar-refractivity contribution in [1.29, 1.82) is 0 Å². The molecule has 0 amide bonds. The standard InChI is InChI=1S/C8H10F6O3/c1-4(2)17-5(15)3-16-6(7(9,10)11)8(12,13)14/h4,6H,3H2,1-2H3. The Bertz CT molecular complexity index is 243. The fourth-order valence-corrected chi connectivity index (χ4v) is 0.823. The largest absolute Gasteiger partial charge is 0.461 e. The number of hydrogen-bond donors (Lipinski definition) is 0. The van der Waals surface area contributed by atoms with E-state index in [1.54, 1.807) is 0 Å². The first kappa shape index (κ1) is 16.0. The first-order valence-corrected chi connectivity index (χ1v) is 4.39. The molecule has 0 aliphatic heterocycles. The molecule has 3 nitrogen and oxygen atoms in total. The van der Waals surface area contributed by atoms with Gasteiger partial charge >= 0.3 is 18.3 Å². The maximum atomic E-state index is 11.9. The third-order valence-corrected chi connectivity index (χ3v) is 1.33. The summed E-state index contributed by atoms with van der Waals surface area (Å²) in [6.07, 6.45) is -15.9. The Hall–Kier alpha value is -0.990. The van der Waals surface area contributed by atoms with Gasteiger partial charge in [-0.2, -0.15) is 26.3 Å². The van der Waals surface area contributed by atoms with E-state index in [0.29, 0.717) is 0 Å². The number of hydrogen-bond acceptors (Lipinski definition) is 3. The van der Waals surface area contributed by atoms with E-state index < -0.39 is 37.1 Å². The summed E-state index contributed by atoms with van der Waals surface area (Å²) in [4.78, 5) is 10.7. The highest BCUT2D eigenvalue weighted by Crippen LogP contribution is 2.35. The third kappa shape index (κ3) is 6.35. The zero-order valence-electron chi connectivity index (χ0n) is 8.85. The van der Waals surface area contributed by atoms with Crippen LogP contribution in [0.1, 0.15) is 13.8 Å². The van der Waals surface area contributed by atoms with Crippen LogP contribution in [-0.2, 0) is 14.3 Å². The smallest absolute Gasteiger partial charge is 0.423 e. The fourth-order valence-electron chi connectivity index (χ4n) is 0.823. The van der Waals surface area contributed by atoms with Crippen molar-refractivity contribution in [3.63, 3.8) is 0 Å². The van der Waals surface area contributed by atoms with Gasteiger partial charge in [0.05, 0.1) is 6.10 Å². The maximum absolute atomic E-state index is 11.9. The predicted molar refractivity (Wildman–Crippen MR) is 43.1 cm³/mol. The van der Waals surface area contributed by atoms with Gasteiger partial charge in [-0.25, -0.2) is 4.79 Å². The van der Waals surface area contributed by atoms with E-state index >= 15 is 0 Å². The Kier molecular flexibility index (Phi) is 5.24. The average Bonchev–Trinajstić information content (AvgIpc) is 1.96. The summed E-state index contributed by atoms with van der Waals surface area (Å²) < 4.78 is 79.4. The molecule has 0 aliphatic rings. The van der Waals surface area contributed by atoms with Crippen LogP contribution in [0.25, 0.3) is 0 Å². The second-order valence-electron chi connectivity index (χ2n) is 3.31. The second-order valence-corrected chi connectivity index (χ2v) is 3.31. The van der Waals surface area contributed by atoms with E-state index in [2.05, 4.69) is 9.47 Å². The Labute approximate surface area is 92.7 Å². The van der Waals surface area contributed by atoms with Crippen LogP contribution < -0.4 is 0 Å². The number of carbonyl (C=O) groups excluding carboxylic acids is 1. The number of rotatable bonds is 4. The first-order chi connectivity index (χ1) is 7.44. The molecule has 0 aromatic rings. The molecule has 0 spiro atoms. The third-order valence-electron chi connectivity index (χ3n) is 1.33. The molecule has 0 atom stereocenters. The summed E-state index contributed by atoms with van der Waals surface area (Å²) in [5, 5.41) is 0. The van der Waals surface area contributed by atoms with E-state index in [4.69, 9.17) is 0 Å². The lowest BCUT2D eigenvalue weighted by molar-refractivity contribution is -0.320. The van der Waals surface area contributed by atoms with Crippen molar-refractivity contribution in [2.24, 2.45) is 0 Å². The zero-order valence-corrected chi connectivity index (χ0v) is 8.85. The number of alkyl halides is 6. The summed E-state index contributed by atoms with van der Waals surface area (Å²) in [6.45, 7) is 1.37.